The van der Waals surface area contributed by atoms with Crippen molar-refractivity contribution in [3.8, 4) is 0 Å². The lowest BCUT2D eigenvalue weighted by atomic mass is 10.1. The van der Waals surface area contributed by atoms with E-state index in [2.05, 4.69) is 35.2 Å². The number of fused-ring (bicyclic) bond motifs is 1. The molecule has 1 saturated heterocycles. The van der Waals surface area contributed by atoms with Crippen LogP contribution in [-0.4, -0.2) is 40.8 Å². The molecular weight excluding hydrogens is 386 g/mol. The third-order valence-corrected chi connectivity index (χ3v) is 6.43. The summed E-state index contributed by atoms with van der Waals surface area (Å²) in [6.07, 6.45) is 1.92. The minimum atomic E-state index is -0.333. The molecule has 1 unspecified atom stereocenters. The highest BCUT2D eigenvalue weighted by molar-refractivity contribution is 7.15. The highest BCUT2D eigenvalue weighted by atomic mass is 32.1. The fourth-order valence-electron chi connectivity index (χ4n) is 4.02. The van der Waals surface area contributed by atoms with Crippen molar-refractivity contribution in [3.05, 3.63) is 75.2 Å². The van der Waals surface area contributed by atoms with E-state index < -0.39 is 0 Å². The number of carbonyl (C=O) groups excluding carboxylic acids is 1. The third kappa shape index (κ3) is 4.81. The van der Waals surface area contributed by atoms with E-state index in [-0.39, 0.29) is 9.92 Å². The molecule has 1 amide bonds. The van der Waals surface area contributed by atoms with Gasteiger partial charge < -0.3 is 4.90 Å². The van der Waals surface area contributed by atoms with Crippen LogP contribution in [0.15, 0.2) is 54.6 Å². The summed E-state index contributed by atoms with van der Waals surface area (Å²) in [5, 5.41) is 13.6. The van der Waals surface area contributed by atoms with Gasteiger partial charge in [0.1, 0.15) is 0 Å². The zero-order valence-corrected chi connectivity index (χ0v) is 16.9. The molecule has 1 atom stereocenters. The van der Waals surface area contributed by atoms with Crippen molar-refractivity contribution in [3.63, 3.8) is 0 Å². The van der Waals surface area contributed by atoms with Crippen LogP contribution in [0, 0.1) is 16.0 Å². The second-order valence-corrected chi connectivity index (χ2v) is 8.75. The normalized spacial score (nSPS) is 16.6. The van der Waals surface area contributed by atoms with E-state index >= 15 is 0 Å². The summed E-state index contributed by atoms with van der Waals surface area (Å²) in [6, 6.07) is 18.2. The van der Waals surface area contributed by atoms with E-state index in [1.807, 2.05) is 23.1 Å². The van der Waals surface area contributed by atoms with Gasteiger partial charge in [0.05, 0.1) is 4.92 Å². The van der Waals surface area contributed by atoms with Gasteiger partial charge in [0, 0.05) is 43.7 Å². The number of hydrogen-bond donors (Lipinski definition) is 0. The summed E-state index contributed by atoms with van der Waals surface area (Å²) in [7, 11) is 0. The predicted octanol–water partition coefficient (Wildman–Crippen LogP) is 4.29. The molecule has 29 heavy (non-hydrogen) atoms. The van der Waals surface area contributed by atoms with Gasteiger partial charge in [-0.1, -0.05) is 47.7 Å². The van der Waals surface area contributed by atoms with E-state index in [1.54, 1.807) is 6.07 Å². The van der Waals surface area contributed by atoms with Gasteiger partial charge in [0.25, 0.3) is 0 Å². The Morgan fingerprint density at radius 1 is 1.14 bits per heavy atom. The number of thiophene rings is 1. The topological polar surface area (TPSA) is 66.7 Å². The number of nitro groups is 1. The Hall–Kier alpha value is -2.77. The minimum absolute atomic E-state index is 0.179. The number of nitrogens with zero attached hydrogens (tertiary/aromatic N) is 3. The maximum Gasteiger partial charge on any atom is 0.324 e. The van der Waals surface area contributed by atoms with Gasteiger partial charge in [0.2, 0.25) is 6.41 Å². The van der Waals surface area contributed by atoms with E-state index in [9.17, 15) is 14.9 Å². The van der Waals surface area contributed by atoms with Gasteiger partial charge in [-0.15, -0.1) is 0 Å². The SMILES string of the molecule is O=CN1CCC(CN(Cc2ccc3ccccc3c2)Cc2ccc([N+](=O)[O-])s2)C1. The largest absolute Gasteiger partial charge is 0.345 e. The number of amides is 1. The Kier molecular flexibility index (Phi) is 5.87. The van der Waals surface area contributed by atoms with Crippen LogP contribution in [0.25, 0.3) is 10.8 Å². The van der Waals surface area contributed by atoms with Crippen molar-refractivity contribution in [2.24, 2.45) is 5.92 Å². The molecule has 0 spiro atoms. The zero-order chi connectivity index (χ0) is 20.2. The van der Waals surface area contributed by atoms with E-state index in [1.165, 1.54) is 27.7 Å². The molecule has 1 aromatic heterocycles. The highest BCUT2D eigenvalue weighted by Gasteiger charge is 2.24. The Labute approximate surface area is 173 Å². The lowest BCUT2D eigenvalue weighted by Crippen LogP contribution is -2.30. The van der Waals surface area contributed by atoms with Gasteiger partial charge in [-0.05, 0) is 40.8 Å². The second kappa shape index (κ2) is 8.71. The Bertz CT molecular complexity index is 1020. The molecule has 0 N–H and O–H groups in total. The maximum absolute atomic E-state index is 11.1. The molecule has 0 bridgehead atoms. The van der Waals surface area contributed by atoms with Crippen LogP contribution in [0.3, 0.4) is 0 Å². The quantitative estimate of drug-likeness (QED) is 0.316. The molecule has 0 saturated carbocycles. The summed E-state index contributed by atoms with van der Waals surface area (Å²) in [6.45, 7) is 3.89. The second-order valence-electron chi connectivity index (χ2n) is 7.60. The summed E-state index contributed by atoms with van der Waals surface area (Å²) < 4.78 is 0. The molecule has 1 fully saturated rings. The molecule has 4 rings (SSSR count). The van der Waals surface area contributed by atoms with Gasteiger partial charge in [0.15, 0.2) is 0 Å². The van der Waals surface area contributed by atoms with Crippen molar-refractivity contribution in [2.45, 2.75) is 19.5 Å². The standard InChI is InChI=1S/C22H23N3O3S/c26-16-23-10-9-18(13-23)14-24(15-21-7-8-22(29-21)25(27)28)12-17-5-6-19-3-1-2-4-20(19)11-17/h1-8,11,16,18H,9-10,12-15H2. The first-order chi connectivity index (χ1) is 14.1. The third-order valence-electron chi connectivity index (χ3n) is 5.41. The number of likely N-dealkylation sites (tertiary alicyclic amines) is 1. The number of carbonyl (C=O) groups is 1. The van der Waals surface area contributed by atoms with Crippen LogP contribution in [0.1, 0.15) is 16.9 Å². The average Bonchev–Trinajstić information content (AvgIpc) is 3.37. The number of benzene rings is 2. The molecule has 3 aromatic rings. The summed E-state index contributed by atoms with van der Waals surface area (Å²) >= 11 is 1.24. The van der Waals surface area contributed by atoms with Crippen LogP contribution in [0.4, 0.5) is 5.00 Å². The summed E-state index contributed by atoms with van der Waals surface area (Å²) in [5.74, 6) is 0.426. The van der Waals surface area contributed by atoms with Gasteiger partial charge in [-0.2, -0.15) is 0 Å². The van der Waals surface area contributed by atoms with Gasteiger partial charge in [-0.25, -0.2) is 0 Å². The molecule has 1 aliphatic heterocycles. The average molecular weight is 410 g/mol. The van der Waals surface area contributed by atoms with Crippen LogP contribution >= 0.6 is 11.3 Å². The van der Waals surface area contributed by atoms with Crippen LogP contribution < -0.4 is 0 Å². The van der Waals surface area contributed by atoms with Gasteiger partial charge >= 0.3 is 5.00 Å². The molecule has 1 aliphatic rings. The van der Waals surface area contributed by atoms with E-state index in [0.29, 0.717) is 12.5 Å². The first-order valence-electron chi connectivity index (χ1n) is 9.73. The maximum atomic E-state index is 11.1. The molecule has 2 aromatic carbocycles. The fourth-order valence-corrected chi connectivity index (χ4v) is 4.89. The molecule has 0 aliphatic carbocycles. The van der Waals surface area contributed by atoms with Crippen LogP contribution in [0.5, 0.6) is 0 Å². The molecular formula is C22H23N3O3S. The Morgan fingerprint density at radius 3 is 2.69 bits per heavy atom. The molecule has 0 radical (unpaired) electrons. The van der Waals surface area contributed by atoms with Crippen LogP contribution in [0.2, 0.25) is 0 Å². The number of hydrogen-bond acceptors (Lipinski definition) is 5. The fraction of sp³-hybridized carbons (Fsp3) is 0.318. The lowest BCUT2D eigenvalue weighted by Gasteiger charge is -2.25. The van der Waals surface area contributed by atoms with Crippen molar-refractivity contribution >= 4 is 33.5 Å². The first-order valence-corrected chi connectivity index (χ1v) is 10.5. The predicted molar refractivity (Wildman–Crippen MR) is 115 cm³/mol. The molecule has 150 valence electrons. The highest BCUT2D eigenvalue weighted by Crippen LogP contribution is 2.27. The van der Waals surface area contributed by atoms with Crippen molar-refractivity contribution in [2.75, 3.05) is 19.6 Å². The van der Waals surface area contributed by atoms with Crippen LogP contribution in [-0.2, 0) is 17.9 Å². The van der Waals surface area contributed by atoms with Crippen molar-refractivity contribution < 1.29 is 9.72 Å². The summed E-state index contributed by atoms with van der Waals surface area (Å²) in [5.41, 5.74) is 1.22. The smallest absolute Gasteiger partial charge is 0.324 e. The van der Waals surface area contributed by atoms with E-state index in [0.717, 1.165) is 43.9 Å². The first kappa shape index (κ1) is 19.5. The Balaban J connectivity index is 1.52. The van der Waals surface area contributed by atoms with Gasteiger partial charge in [-0.3, -0.25) is 19.8 Å². The number of rotatable bonds is 8. The molecule has 2 heterocycles. The molecule has 6 nitrogen and oxygen atoms in total. The minimum Gasteiger partial charge on any atom is -0.345 e. The Morgan fingerprint density at radius 2 is 1.97 bits per heavy atom. The summed E-state index contributed by atoms with van der Waals surface area (Å²) in [4.78, 5) is 26.9. The van der Waals surface area contributed by atoms with Crippen molar-refractivity contribution in [1.29, 1.82) is 0 Å². The van der Waals surface area contributed by atoms with Crippen molar-refractivity contribution in [1.82, 2.24) is 9.80 Å². The lowest BCUT2D eigenvalue weighted by molar-refractivity contribution is -0.380. The molecule has 7 heteroatoms. The zero-order valence-electron chi connectivity index (χ0n) is 16.1. The van der Waals surface area contributed by atoms with E-state index in [4.69, 9.17) is 0 Å². The monoisotopic (exact) mass is 409 g/mol.